The number of halogens is 4. The molecule has 0 radical (unpaired) electrons. The summed E-state index contributed by atoms with van der Waals surface area (Å²) in [5.41, 5.74) is 9.13. The summed E-state index contributed by atoms with van der Waals surface area (Å²) in [5, 5.41) is 9.86. The Morgan fingerprint density at radius 3 is 2.35 bits per heavy atom. The molecule has 1 aromatic carbocycles. The van der Waals surface area contributed by atoms with Gasteiger partial charge in [-0.2, -0.15) is 13.2 Å². The minimum absolute atomic E-state index is 0.0179. The second-order valence-corrected chi connectivity index (χ2v) is 9.92. The second kappa shape index (κ2) is 13.2. The number of nitrogens with zero attached hydrogens (tertiary/aromatic N) is 3. The van der Waals surface area contributed by atoms with Gasteiger partial charge in [0.15, 0.2) is 0 Å². The SMILES string of the molecule is Cc1nc(N)ccc1CNC(=O)Cn1c(C)cnc(NNS(=O)(=O)c2ccccc2Cl)c1=O.O=C(O)C(F)(F)F. The van der Waals surface area contributed by atoms with Gasteiger partial charge in [-0.15, -0.1) is 4.83 Å². The summed E-state index contributed by atoms with van der Waals surface area (Å²) in [5.74, 6) is -3.10. The Balaban J connectivity index is 0.000000708. The van der Waals surface area contributed by atoms with E-state index in [-0.39, 0.29) is 28.8 Å². The second-order valence-electron chi connectivity index (χ2n) is 7.86. The first-order chi connectivity index (χ1) is 18.5. The maximum absolute atomic E-state index is 12.8. The first kappa shape index (κ1) is 32.0. The normalized spacial score (nSPS) is 11.2. The van der Waals surface area contributed by atoms with Gasteiger partial charge in [0, 0.05) is 24.1 Å². The Hall–Kier alpha value is -4.22. The van der Waals surface area contributed by atoms with Crippen LogP contribution in [0, 0.1) is 13.8 Å². The smallest absolute Gasteiger partial charge is 0.475 e. The van der Waals surface area contributed by atoms with Gasteiger partial charge in [0.2, 0.25) is 11.7 Å². The molecule has 0 unspecified atom stereocenters. The van der Waals surface area contributed by atoms with E-state index in [0.717, 1.165) is 5.56 Å². The molecule has 3 rings (SSSR count). The van der Waals surface area contributed by atoms with Gasteiger partial charge < -0.3 is 16.2 Å². The monoisotopic (exact) mass is 605 g/mol. The van der Waals surface area contributed by atoms with Gasteiger partial charge in [-0.05, 0) is 37.6 Å². The van der Waals surface area contributed by atoms with E-state index in [2.05, 4.69) is 25.5 Å². The highest BCUT2D eigenvalue weighted by molar-refractivity contribution is 7.89. The summed E-state index contributed by atoms with van der Waals surface area (Å²) in [6, 6.07) is 9.23. The van der Waals surface area contributed by atoms with Crippen molar-refractivity contribution >= 4 is 45.1 Å². The van der Waals surface area contributed by atoms with E-state index in [9.17, 15) is 31.2 Å². The molecule has 2 aromatic heterocycles. The fraction of sp³-hybridized carbons (Fsp3) is 0.227. The molecule has 0 aliphatic carbocycles. The van der Waals surface area contributed by atoms with Crippen LogP contribution < -0.4 is 26.9 Å². The summed E-state index contributed by atoms with van der Waals surface area (Å²) < 4.78 is 57.8. The number of hydrogen-bond acceptors (Lipinski definition) is 9. The third kappa shape index (κ3) is 8.92. The van der Waals surface area contributed by atoms with Crippen molar-refractivity contribution in [2.45, 2.75) is 38.0 Å². The zero-order chi connectivity index (χ0) is 30.3. The lowest BCUT2D eigenvalue weighted by Crippen LogP contribution is -2.38. The van der Waals surface area contributed by atoms with Crippen molar-refractivity contribution < 1.29 is 36.3 Å². The van der Waals surface area contributed by atoms with Gasteiger partial charge in [-0.3, -0.25) is 19.6 Å². The van der Waals surface area contributed by atoms with E-state index in [4.69, 9.17) is 27.2 Å². The Kier molecular flexibility index (Phi) is 10.6. The van der Waals surface area contributed by atoms with Crippen LogP contribution >= 0.6 is 11.6 Å². The number of pyridine rings is 1. The van der Waals surface area contributed by atoms with Crippen molar-refractivity contribution in [1.29, 1.82) is 0 Å². The molecule has 0 saturated heterocycles. The quantitative estimate of drug-likeness (QED) is 0.236. The zero-order valence-corrected chi connectivity index (χ0v) is 22.4. The van der Waals surface area contributed by atoms with Crippen molar-refractivity contribution in [3.63, 3.8) is 0 Å². The van der Waals surface area contributed by atoms with Crippen LogP contribution in [-0.2, 0) is 32.7 Å². The molecule has 6 N–H and O–H groups in total. The number of hydrogen-bond donors (Lipinski definition) is 5. The predicted molar refractivity (Wildman–Crippen MR) is 138 cm³/mol. The number of nitrogens with one attached hydrogen (secondary N) is 3. The van der Waals surface area contributed by atoms with Gasteiger partial charge in [-0.25, -0.2) is 23.2 Å². The molecule has 0 atom stereocenters. The number of amides is 1. The number of anilines is 2. The van der Waals surface area contributed by atoms with Crippen molar-refractivity contribution in [2.24, 2.45) is 0 Å². The minimum atomic E-state index is -5.08. The van der Waals surface area contributed by atoms with E-state index < -0.39 is 33.6 Å². The van der Waals surface area contributed by atoms with E-state index in [1.807, 2.05) is 0 Å². The maximum atomic E-state index is 12.8. The third-order valence-electron chi connectivity index (χ3n) is 4.92. The standard InChI is InChI=1S/C20H22ClN7O4S.C2HF3O2/c1-12-9-24-19(26-27-33(31,32)16-6-4-3-5-15(16)21)20(30)28(12)11-18(29)23-10-14-7-8-17(22)25-13(14)2;3-2(4,5)1(6)7/h3-9,27H,10-11H2,1-2H3,(H2,22,25)(H,23,29)(H,24,26);(H,6,7). The molecule has 2 heterocycles. The topological polar surface area (TPSA) is 198 Å². The summed E-state index contributed by atoms with van der Waals surface area (Å²) in [4.78, 5) is 44.1. The van der Waals surface area contributed by atoms with Gasteiger partial charge in [0.1, 0.15) is 17.3 Å². The molecule has 18 heteroatoms. The van der Waals surface area contributed by atoms with E-state index in [1.54, 1.807) is 32.0 Å². The fourth-order valence-electron chi connectivity index (χ4n) is 2.88. The zero-order valence-electron chi connectivity index (χ0n) is 20.8. The van der Waals surface area contributed by atoms with Gasteiger partial charge >= 0.3 is 12.1 Å². The first-order valence-electron chi connectivity index (χ1n) is 10.9. The number of aryl methyl sites for hydroxylation is 2. The minimum Gasteiger partial charge on any atom is -0.475 e. The molecule has 0 aliphatic heterocycles. The largest absolute Gasteiger partial charge is 0.490 e. The lowest BCUT2D eigenvalue weighted by Gasteiger charge is -2.14. The Bertz CT molecular complexity index is 1570. The molecular formula is C22H23ClF3N7O6S. The number of benzene rings is 1. The van der Waals surface area contributed by atoms with Gasteiger partial charge in [0.05, 0.1) is 5.02 Å². The number of aliphatic carboxylic acids is 1. The molecule has 216 valence electrons. The number of carbonyl (C=O) groups is 2. The predicted octanol–water partition coefficient (Wildman–Crippen LogP) is 1.75. The third-order valence-corrected chi connectivity index (χ3v) is 6.67. The molecule has 0 fully saturated rings. The molecule has 0 saturated carbocycles. The van der Waals surface area contributed by atoms with Crippen LogP contribution in [0.5, 0.6) is 0 Å². The molecule has 1 amide bonds. The fourth-order valence-corrected chi connectivity index (χ4v) is 4.24. The summed E-state index contributed by atoms with van der Waals surface area (Å²) in [6.45, 7) is 3.30. The van der Waals surface area contributed by atoms with E-state index >= 15 is 0 Å². The Morgan fingerprint density at radius 2 is 1.77 bits per heavy atom. The summed E-state index contributed by atoms with van der Waals surface area (Å²) >= 11 is 5.93. The average molecular weight is 606 g/mol. The summed E-state index contributed by atoms with van der Waals surface area (Å²) in [7, 11) is -4.07. The average Bonchev–Trinajstić information content (AvgIpc) is 2.85. The number of nitrogens with two attached hydrogens (primary N) is 1. The van der Waals surface area contributed by atoms with Crippen LogP contribution in [0.3, 0.4) is 0 Å². The highest BCUT2D eigenvalue weighted by Crippen LogP contribution is 2.20. The number of rotatable bonds is 8. The number of carboxylic acids is 1. The van der Waals surface area contributed by atoms with Crippen LogP contribution in [0.1, 0.15) is 17.0 Å². The number of sulfonamides is 1. The highest BCUT2D eigenvalue weighted by atomic mass is 35.5. The number of aromatic nitrogens is 3. The highest BCUT2D eigenvalue weighted by Gasteiger charge is 2.38. The Labute approximate surface area is 230 Å². The van der Waals surface area contributed by atoms with E-state index in [1.165, 1.54) is 29.0 Å². The van der Waals surface area contributed by atoms with Crippen molar-refractivity contribution in [1.82, 2.24) is 24.7 Å². The molecule has 0 spiro atoms. The first-order valence-corrected chi connectivity index (χ1v) is 12.8. The lowest BCUT2D eigenvalue weighted by molar-refractivity contribution is -0.192. The molecular weight excluding hydrogens is 583 g/mol. The summed E-state index contributed by atoms with van der Waals surface area (Å²) in [6.07, 6.45) is -3.74. The Morgan fingerprint density at radius 1 is 1.15 bits per heavy atom. The van der Waals surface area contributed by atoms with Crippen LogP contribution in [0.25, 0.3) is 0 Å². The number of carbonyl (C=O) groups excluding carboxylic acids is 1. The van der Waals surface area contributed by atoms with E-state index in [0.29, 0.717) is 17.2 Å². The van der Waals surface area contributed by atoms with Crippen LogP contribution in [0.2, 0.25) is 5.02 Å². The molecule has 3 aromatic rings. The molecule has 0 aliphatic rings. The number of nitrogen functional groups attached to an aromatic ring is 1. The number of carboxylic acid groups (broad SMARTS) is 1. The van der Waals surface area contributed by atoms with Crippen LogP contribution in [0.15, 0.2) is 52.3 Å². The van der Waals surface area contributed by atoms with Crippen molar-refractivity contribution in [2.75, 3.05) is 11.2 Å². The van der Waals surface area contributed by atoms with Crippen molar-refractivity contribution in [3.8, 4) is 0 Å². The van der Waals surface area contributed by atoms with Crippen LogP contribution in [0.4, 0.5) is 24.8 Å². The van der Waals surface area contributed by atoms with Crippen molar-refractivity contribution in [3.05, 3.63) is 74.9 Å². The van der Waals surface area contributed by atoms with Gasteiger partial charge in [0.25, 0.3) is 15.6 Å². The van der Waals surface area contributed by atoms with Crippen LogP contribution in [-0.4, -0.2) is 46.1 Å². The molecule has 13 nitrogen and oxygen atoms in total. The number of alkyl halides is 3. The maximum Gasteiger partial charge on any atom is 0.490 e. The number of hydrazine groups is 1. The molecule has 40 heavy (non-hydrogen) atoms. The van der Waals surface area contributed by atoms with Gasteiger partial charge in [-0.1, -0.05) is 29.8 Å². The molecule has 0 bridgehead atoms. The lowest BCUT2D eigenvalue weighted by atomic mass is 10.2.